The first-order valence-electron chi connectivity index (χ1n) is 7.48. The SMILES string of the molecule is COc1ccc(NC(=O)COC(=O)c2ccc(OC)c([N+](=O)[O-])c2)cc1Cl. The van der Waals surface area contributed by atoms with Crippen LogP contribution in [0.2, 0.25) is 5.02 Å². The van der Waals surface area contributed by atoms with Crippen LogP contribution >= 0.6 is 11.6 Å². The average Bonchev–Trinajstić information content (AvgIpc) is 2.65. The zero-order valence-corrected chi connectivity index (χ0v) is 15.1. The molecule has 1 amide bonds. The van der Waals surface area contributed by atoms with E-state index in [0.717, 1.165) is 6.07 Å². The average molecular weight is 395 g/mol. The highest BCUT2D eigenvalue weighted by atomic mass is 35.5. The van der Waals surface area contributed by atoms with Crippen LogP contribution in [-0.4, -0.2) is 37.6 Å². The molecule has 0 bridgehead atoms. The minimum atomic E-state index is -0.885. The van der Waals surface area contributed by atoms with Crippen molar-refractivity contribution in [3.63, 3.8) is 0 Å². The lowest BCUT2D eigenvalue weighted by atomic mass is 10.2. The molecule has 0 saturated carbocycles. The van der Waals surface area contributed by atoms with Crippen molar-refractivity contribution in [1.82, 2.24) is 0 Å². The third kappa shape index (κ3) is 5.08. The molecule has 142 valence electrons. The molecule has 9 nitrogen and oxygen atoms in total. The molecule has 0 saturated heterocycles. The summed E-state index contributed by atoms with van der Waals surface area (Å²) in [6, 6.07) is 8.20. The molecule has 0 heterocycles. The summed E-state index contributed by atoms with van der Waals surface area (Å²) in [6.45, 7) is -0.581. The molecule has 1 N–H and O–H groups in total. The number of nitro groups is 1. The van der Waals surface area contributed by atoms with E-state index in [1.807, 2.05) is 0 Å². The van der Waals surface area contributed by atoms with Gasteiger partial charge in [0.25, 0.3) is 5.91 Å². The lowest BCUT2D eigenvalue weighted by molar-refractivity contribution is -0.385. The Morgan fingerprint density at radius 1 is 1.11 bits per heavy atom. The third-order valence-electron chi connectivity index (χ3n) is 3.38. The van der Waals surface area contributed by atoms with Crippen molar-refractivity contribution in [3.05, 3.63) is 57.1 Å². The fourth-order valence-electron chi connectivity index (χ4n) is 2.12. The van der Waals surface area contributed by atoms with Crippen LogP contribution in [0, 0.1) is 10.1 Å². The van der Waals surface area contributed by atoms with Gasteiger partial charge in [0.2, 0.25) is 0 Å². The van der Waals surface area contributed by atoms with Crippen LogP contribution in [0.4, 0.5) is 11.4 Å². The van der Waals surface area contributed by atoms with Crippen LogP contribution in [0.15, 0.2) is 36.4 Å². The standard InChI is InChI=1S/C17H15ClN2O7/c1-25-14-6-4-11(8-12(14)18)19-16(21)9-27-17(22)10-3-5-15(26-2)13(7-10)20(23)24/h3-8H,9H2,1-2H3,(H,19,21). The molecule has 0 radical (unpaired) electrons. The quantitative estimate of drug-likeness (QED) is 0.435. The molecule has 2 aromatic rings. The maximum absolute atomic E-state index is 12.0. The number of nitro benzene ring substituents is 1. The number of methoxy groups -OCH3 is 2. The van der Waals surface area contributed by atoms with E-state index in [1.165, 1.54) is 32.4 Å². The topological polar surface area (TPSA) is 117 Å². The number of esters is 1. The zero-order chi connectivity index (χ0) is 20.0. The Kier molecular flexibility index (Phi) is 6.56. The molecule has 10 heteroatoms. The van der Waals surface area contributed by atoms with E-state index < -0.39 is 23.4 Å². The Bertz CT molecular complexity index is 886. The zero-order valence-electron chi connectivity index (χ0n) is 14.4. The van der Waals surface area contributed by atoms with Crippen molar-refractivity contribution >= 4 is 34.9 Å². The van der Waals surface area contributed by atoms with Crippen LogP contribution in [0.25, 0.3) is 0 Å². The summed E-state index contributed by atoms with van der Waals surface area (Å²) in [5, 5.41) is 13.8. The Morgan fingerprint density at radius 3 is 2.37 bits per heavy atom. The molecule has 27 heavy (non-hydrogen) atoms. The predicted molar refractivity (Wildman–Crippen MR) is 96.6 cm³/mol. The van der Waals surface area contributed by atoms with Crippen LogP contribution in [-0.2, 0) is 9.53 Å². The first-order chi connectivity index (χ1) is 12.8. The highest BCUT2D eigenvalue weighted by Gasteiger charge is 2.19. The molecule has 0 atom stereocenters. The molecular formula is C17H15ClN2O7. The molecule has 0 spiro atoms. The Morgan fingerprint density at radius 2 is 1.78 bits per heavy atom. The van der Waals surface area contributed by atoms with Crippen LogP contribution in [0.5, 0.6) is 11.5 Å². The van der Waals surface area contributed by atoms with Crippen molar-refractivity contribution in [3.8, 4) is 11.5 Å². The Balaban J connectivity index is 1.98. The Hall–Kier alpha value is -3.33. The van der Waals surface area contributed by atoms with Gasteiger partial charge >= 0.3 is 11.7 Å². The fourth-order valence-corrected chi connectivity index (χ4v) is 2.37. The van der Waals surface area contributed by atoms with Crippen molar-refractivity contribution in [1.29, 1.82) is 0 Å². The lowest BCUT2D eigenvalue weighted by Gasteiger charge is -2.09. The van der Waals surface area contributed by atoms with E-state index in [9.17, 15) is 19.7 Å². The van der Waals surface area contributed by atoms with Gasteiger partial charge in [-0.3, -0.25) is 14.9 Å². The van der Waals surface area contributed by atoms with Crippen molar-refractivity contribution in [2.24, 2.45) is 0 Å². The number of nitrogens with zero attached hydrogens (tertiary/aromatic N) is 1. The third-order valence-corrected chi connectivity index (χ3v) is 3.68. The second kappa shape index (κ2) is 8.86. The van der Waals surface area contributed by atoms with Gasteiger partial charge in [-0.2, -0.15) is 0 Å². The Labute approximate surface area is 158 Å². The van der Waals surface area contributed by atoms with E-state index in [2.05, 4.69) is 5.32 Å². The van der Waals surface area contributed by atoms with Crippen molar-refractivity contribution in [2.75, 3.05) is 26.1 Å². The fraction of sp³-hybridized carbons (Fsp3) is 0.176. The minimum absolute atomic E-state index is 0.00526. The maximum atomic E-state index is 12.0. The number of hydrogen-bond acceptors (Lipinski definition) is 7. The second-order valence-corrected chi connectivity index (χ2v) is 5.52. The highest BCUT2D eigenvalue weighted by molar-refractivity contribution is 6.32. The molecule has 2 rings (SSSR count). The van der Waals surface area contributed by atoms with Gasteiger partial charge in [-0.1, -0.05) is 11.6 Å². The van der Waals surface area contributed by atoms with Gasteiger partial charge in [-0.25, -0.2) is 4.79 Å². The first-order valence-corrected chi connectivity index (χ1v) is 7.86. The number of anilines is 1. The summed E-state index contributed by atoms with van der Waals surface area (Å²) in [6.07, 6.45) is 0. The molecular weight excluding hydrogens is 380 g/mol. The molecule has 0 aliphatic carbocycles. The number of amides is 1. The van der Waals surface area contributed by atoms with Gasteiger partial charge in [-0.05, 0) is 30.3 Å². The van der Waals surface area contributed by atoms with Gasteiger partial charge in [-0.15, -0.1) is 0 Å². The van der Waals surface area contributed by atoms with E-state index in [-0.39, 0.29) is 17.0 Å². The number of ether oxygens (including phenoxy) is 3. The van der Waals surface area contributed by atoms with Gasteiger partial charge in [0.1, 0.15) is 5.75 Å². The van der Waals surface area contributed by atoms with Crippen LogP contribution in [0.3, 0.4) is 0 Å². The lowest BCUT2D eigenvalue weighted by Crippen LogP contribution is -2.21. The van der Waals surface area contributed by atoms with Gasteiger partial charge in [0.05, 0.1) is 29.7 Å². The number of hydrogen-bond donors (Lipinski definition) is 1. The molecule has 0 aromatic heterocycles. The van der Waals surface area contributed by atoms with E-state index >= 15 is 0 Å². The number of carbonyl (C=O) groups excluding carboxylic acids is 2. The predicted octanol–water partition coefficient (Wildman–Crippen LogP) is 3.06. The van der Waals surface area contributed by atoms with E-state index in [0.29, 0.717) is 16.5 Å². The number of benzene rings is 2. The van der Waals surface area contributed by atoms with Crippen LogP contribution in [0.1, 0.15) is 10.4 Å². The number of rotatable bonds is 7. The summed E-state index contributed by atoms with van der Waals surface area (Å²) in [5.74, 6) is -1.04. The van der Waals surface area contributed by atoms with Crippen molar-refractivity contribution in [2.45, 2.75) is 0 Å². The molecule has 2 aromatic carbocycles. The summed E-state index contributed by atoms with van der Waals surface area (Å²) in [7, 11) is 2.73. The first kappa shape index (κ1) is 20.0. The maximum Gasteiger partial charge on any atom is 0.338 e. The summed E-state index contributed by atoms with van der Waals surface area (Å²) >= 11 is 5.96. The summed E-state index contributed by atoms with van der Waals surface area (Å²) < 4.78 is 14.7. The van der Waals surface area contributed by atoms with E-state index in [1.54, 1.807) is 12.1 Å². The van der Waals surface area contributed by atoms with Crippen LogP contribution < -0.4 is 14.8 Å². The molecule has 0 aliphatic heterocycles. The number of nitrogens with one attached hydrogen (secondary N) is 1. The molecule has 0 aliphatic rings. The van der Waals surface area contributed by atoms with Gasteiger partial charge < -0.3 is 19.5 Å². The second-order valence-electron chi connectivity index (χ2n) is 5.12. The van der Waals surface area contributed by atoms with E-state index in [4.69, 9.17) is 25.8 Å². The minimum Gasteiger partial charge on any atom is -0.495 e. The van der Waals surface area contributed by atoms with Gasteiger partial charge in [0, 0.05) is 11.8 Å². The smallest absolute Gasteiger partial charge is 0.338 e. The monoisotopic (exact) mass is 394 g/mol. The highest BCUT2D eigenvalue weighted by Crippen LogP contribution is 2.28. The normalized spacial score (nSPS) is 10.0. The number of halogens is 1. The molecule has 0 fully saturated rings. The summed E-state index contributed by atoms with van der Waals surface area (Å²) in [5.41, 5.74) is -0.0750. The largest absolute Gasteiger partial charge is 0.495 e. The van der Waals surface area contributed by atoms with Crippen molar-refractivity contribution < 1.29 is 28.7 Å². The summed E-state index contributed by atoms with van der Waals surface area (Å²) in [4.78, 5) is 34.2. The molecule has 0 unspecified atom stereocenters. The van der Waals surface area contributed by atoms with Gasteiger partial charge in [0.15, 0.2) is 12.4 Å². The number of carbonyl (C=O) groups is 2.